The molecule has 0 aliphatic heterocycles. The number of carbonyl (C=O) groups is 1. The number of hydrogen-bond acceptors (Lipinski definition) is 6. The maximum Gasteiger partial charge on any atom is 0.360 e. The van der Waals surface area contributed by atoms with E-state index in [0.29, 0.717) is 11.3 Å². The number of benzene rings is 1. The number of fused-ring (bicyclic) bond motifs is 1. The first-order chi connectivity index (χ1) is 11.6. The molecule has 1 aromatic carbocycles. The molecule has 3 rings (SSSR count). The van der Waals surface area contributed by atoms with Gasteiger partial charge in [-0.05, 0) is 38.1 Å². The molecule has 122 valence electrons. The normalized spacial score (nSPS) is 11.2. The molecule has 3 aromatic rings. The molecule has 0 amide bonds. The number of pyridine rings is 1. The van der Waals surface area contributed by atoms with Gasteiger partial charge in [-0.25, -0.2) is 9.78 Å². The standard InChI is InChI=1S/C17H16N4O3/c1-3-24-17(23)15-16(20-19-12-8-4-5-9-13(12)22)21-11(2)7-6-10-14(21)18-15/h4-10,22H,3H2,1-2H3. The van der Waals surface area contributed by atoms with Crippen molar-refractivity contribution in [3.8, 4) is 5.75 Å². The molecular formula is C17H16N4O3. The van der Waals surface area contributed by atoms with Crippen LogP contribution in [-0.2, 0) is 4.74 Å². The van der Waals surface area contributed by atoms with Crippen molar-refractivity contribution < 1.29 is 14.6 Å². The molecule has 0 aliphatic carbocycles. The van der Waals surface area contributed by atoms with Gasteiger partial charge in [-0.15, -0.1) is 10.2 Å². The molecule has 24 heavy (non-hydrogen) atoms. The molecule has 0 fully saturated rings. The van der Waals surface area contributed by atoms with Crippen LogP contribution in [-0.4, -0.2) is 27.1 Å². The summed E-state index contributed by atoms with van der Waals surface area (Å²) in [5.41, 5.74) is 1.81. The van der Waals surface area contributed by atoms with Gasteiger partial charge in [0, 0.05) is 5.69 Å². The molecule has 1 N–H and O–H groups in total. The number of azo groups is 1. The Labute approximate surface area is 138 Å². The lowest BCUT2D eigenvalue weighted by Gasteiger charge is -2.02. The molecule has 0 spiro atoms. The maximum absolute atomic E-state index is 12.2. The number of aromatic hydroxyl groups is 1. The summed E-state index contributed by atoms with van der Waals surface area (Å²) in [6.45, 7) is 3.84. The molecule has 0 radical (unpaired) electrons. The molecule has 0 aliphatic rings. The highest BCUT2D eigenvalue weighted by Gasteiger charge is 2.21. The van der Waals surface area contributed by atoms with E-state index in [1.807, 2.05) is 19.1 Å². The van der Waals surface area contributed by atoms with Gasteiger partial charge in [-0.2, -0.15) is 0 Å². The summed E-state index contributed by atoms with van der Waals surface area (Å²) in [6, 6.07) is 12.1. The van der Waals surface area contributed by atoms with Gasteiger partial charge in [0.2, 0.25) is 0 Å². The van der Waals surface area contributed by atoms with Crippen LogP contribution in [0.4, 0.5) is 11.5 Å². The Balaban J connectivity index is 2.15. The minimum atomic E-state index is -0.563. The van der Waals surface area contributed by atoms with Crippen LogP contribution in [0.1, 0.15) is 23.1 Å². The highest BCUT2D eigenvalue weighted by Crippen LogP contribution is 2.30. The van der Waals surface area contributed by atoms with Crippen molar-refractivity contribution in [3.63, 3.8) is 0 Å². The Morgan fingerprint density at radius 1 is 1.21 bits per heavy atom. The predicted octanol–water partition coefficient (Wildman–Crippen LogP) is 3.94. The highest BCUT2D eigenvalue weighted by molar-refractivity contribution is 5.93. The minimum Gasteiger partial charge on any atom is -0.506 e. The van der Waals surface area contributed by atoms with Crippen molar-refractivity contribution in [2.75, 3.05) is 6.61 Å². The van der Waals surface area contributed by atoms with Crippen molar-refractivity contribution in [1.82, 2.24) is 9.38 Å². The van der Waals surface area contributed by atoms with Crippen LogP contribution in [0.3, 0.4) is 0 Å². The molecule has 7 heteroatoms. The number of phenols is 1. The van der Waals surface area contributed by atoms with Gasteiger partial charge in [-0.3, -0.25) is 4.40 Å². The van der Waals surface area contributed by atoms with Crippen LogP contribution in [0.25, 0.3) is 5.65 Å². The lowest BCUT2D eigenvalue weighted by Crippen LogP contribution is -2.05. The van der Waals surface area contributed by atoms with Crippen molar-refractivity contribution in [2.24, 2.45) is 10.2 Å². The fourth-order valence-corrected chi connectivity index (χ4v) is 2.31. The summed E-state index contributed by atoms with van der Waals surface area (Å²) in [5.74, 6) is -0.291. The molecule has 0 unspecified atom stereocenters. The average molecular weight is 324 g/mol. The Morgan fingerprint density at radius 3 is 2.75 bits per heavy atom. The van der Waals surface area contributed by atoms with E-state index < -0.39 is 5.97 Å². The second kappa shape index (κ2) is 6.49. The summed E-state index contributed by atoms with van der Waals surface area (Å²) in [6.07, 6.45) is 0. The van der Waals surface area contributed by atoms with Crippen LogP contribution < -0.4 is 0 Å². The third-order valence-corrected chi connectivity index (χ3v) is 3.42. The number of aryl methyl sites for hydroxylation is 1. The number of aromatic nitrogens is 2. The summed E-state index contributed by atoms with van der Waals surface area (Å²) in [7, 11) is 0. The number of phenolic OH excluding ortho intramolecular Hbond substituents is 1. The van der Waals surface area contributed by atoms with E-state index in [1.54, 1.807) is 35.6 Å². The van der Waals surface area contributed by atoms with E-state index in [0.717, 1.165) is 5.69 Å². The number of imidazole rings is 1. The average Bonchev–Trinajstić information content (AvgIpc) is 2.94. The molecule has 0 bridgehead atoms. The van der Waals surface area contributed by atoms with Crippen molar-refractivity contribution in [2.45, 2.75) is 13.8 Å². The van der Waals surface area contributed by atoms with E-state index >= 15 is 0 Å². The summed E-state index contributed by atoms with van der Waals surface area (Å²) in [5, 5.41) is 18.0. The molecule has 2 aromatic heterocycles. The first kappa shape index (κ1) is 15.7. The van der Waals surface area contributed by atoms with E-state index in [2.05, 4.69) is 15.2 Å². The first-order valence-corrected chi connectivity index (χ1v) is 7.46. The number of carbonyl (C=O) groups excluding carboxylic acids is 1. The van der Waals surface area contributed by atoms with Gasteiger partial charge >= 0.3 is 5.97 Å². The summed E-state index contributed by atoms with van der Waals surface area (Å²) >= 11 is 0. The zero-order chi connectivity index (χ0) is 17.1. The van der Waals surface area contributed by atoms with Crippen LogP contribution in [0.15, 0.2) is 52.7 Å². The molecular weight excluding hydrogens is 308 g/mol. The van der Waals surface area contributed by atoms with Gasteiger partial charge in [-0.1, -0.05) is 18.2 Å². The molecule has 2 heterocycles. The van der Waals surface area contributed by atoms with Crippen LogP contribution in [0, 0.1) is 6.92 Å². The Hall–Kier alpha value is -3.22. The number of esters is 1. The first-order valence-electron chi connectivity index (χ1n) is 7.46. The number of nitrogens with zero attached hydrogens (tertiary/aromatic N) is 4. The third-order valence-electron chi connectivity index (χ3n) is 3.42. The highest BCUT2D eigenvalue weighted by atomic mass is 16.5. The quantitative estimate of drug-likeness (QED) is 0.581. The smallest absolute Gasteiger partial charge is 0.360 e. The second-order valence-corrected chi connectivity index (χ2v) is 5.05. The summed E-state index contributed by atoms with van der Waals surface area (Å²) < 4.78 is 6.77. The summed E-state index contributed by atoms with van der Waals surface area (Å²) in [4.78, 5) is 16.5. The zero-order valence-corrected chi connectivity index (χ0v) is 13.3. The maximum atomic E-state index is 12.2. The lowest BCUT2D eigenvalue weighted by molar-refractivity contribution is 0.0521. The van der Waals surface area contributed by atoms with Crippen molar-refractivity contribution in [1.29, 1.82) is 0 Å². The monoisotopic (exact) mass is 324 g/mol. The molecule has 0 saturated heterocycles. The number of para-hydroxylation sites is 1. The Kier molecular flexibility index (Phi) is 4.24. The van der Waals surface area contributed by atoms with Gasteiger partial charge < -0.3 is 9.84 Å². The predicted molar refractivity (Wildman–Crippen MR) is 88.2 cm³/mol. The third kappa shape index (κ3) is 2.83. The van der Waals surface area contributed by atoms with E-state index in [1.165, 1.54) is 6.07 Å². The van der Waals surface area contributed by atoms with Gasteiger partial charge in [0.25, 0.3) is 0 Å². The molecule has 0 atom stereocenters. The van der Waals surface area contributed by atoms with Gasteiger partial charge in [0.05, 0.1) is 6.61 Å². The van der Waals surface area contributed by atoms with Crippen LogP contribution in [0.5, 0.6) is 5.75 Å². The number of rotatable bonds is 4. The second-order valence-electron chi connectivity index (χ2n) is 5.05. The largest absolute Gasteiger partial charge is 0.506 e. The van der Waals surface area contributed by atoms with Crippen molar-refractivity contribution in [3.05, 3.63) is 53.9 Å². The lowest BCUT2D eigenvalue weighted by atomic mass is 10.3. The fourth-order valence-electron chi connectivity index (χ4n) is 2.31. The van der Waals surface area contributed by atoms with Crippen LogP contribution >= 0.6 is 0 Å². The van der Waals surface area contributed by atoms with Crippen LogP contribution in [0.2, 0.25) is 0 Å². The topological polar surface area (TPSA) is 88.5 Å². The van der Waals surface area contributed by atoms with Crippen molar-refractivity contribution >= 4 is 23.1 Å². The molecule has 0 saturated carbocycles. The van der Waals surface area contributed by atoms with E-state index in [9.17, 15) is 9.90 Å². The van der Waals surface area contributed by atoms with E-state index in [4.69, 9.17) is 4.74 Å². The minimum absolute atomic E-state index is 0.00415. The Bertz CT molecular complexity index is 931. The number of ether oxygens (including phenoxy) is 1. The van der Waals surface area contributed by atoms with E-state index in [-0.39, 0.29) is 23.9 Å². The fraction of sp³-hybridized carbons (Fsp3) is 0.176. The zero-order valence-electron chi connectivity index (χ0n) is 13.3. The van der Waals surface area contributed by atoms with Gasteiger partial charge in [0.1, 0.15) is 17.1 Å². The SMILES string of the molecule is CCOC(=O)c1nc2cccc(C)n2c1N=Nc1ccccc1O. The van der Waals surface area contributed by atoms with Gasteiger partial charge in [0.15, 0.2) is 11.5 Å². The molecule has 7 nitrogen and oxygen atoms in total. The number of hydrogen-bond donors (Lipinski definition) is 1. The Morgan fingerprint density at radius 2 is 2.00 bits per heavy atom.